The summed E-state index contributed by atoms with van der Waals surface area (Å²) in [5.41, 5.74) is -4.04. The summed E-state index contributed by atoms with van der Waals surface area (Å²) in [6, 6.07) is 3.12. The smallest absolute Gasteiger partial charge is 0.335 e. The molecule has 0 bridgehead atoms. The van der Waals surface area contributed by atoms with E-state index in [1.165, 1.54) is 26.4 Å². The predicted molar refractivity (Wildman–Crippen MR) is 188 cm³/mol. The number of aliphatic hydroxyl groups is 7. The lowest BCUT2D eigenvalue weighted by atomic mass is 9.40. The van der Waals surface area contributed by atoms with Crippen LogP contribution >= 0.6 is 0 Å². The van der Waals surface area contributed by atoms with Crippen LogP contribution in [0.2, 0.25) is 0 Å². The van der Waals surface area contributed by atoms with Gasteiger partial charge in [0.05, 0.1) is 30.7 Å². The summed E-state index contributed by atoms with van der Waals surface area (Å²) in [6.45, 7) is 6.49. The number of ether oxygens (including phenoxy) is 6. The fraction of sp³-hybridized carbons (Fsp3) is 0.846. The second-order valence-electron chi connectivity index (χ2n) is 17.5. The summed E-state index contributed by atoms with van der Waals surface area (Å²) in [4.78, 5) is 24.4. The molecule has 7 rings (SSSR count). The molecule has 3 heterocycles. The summed E-state index contributed by atoms with van der Waals surface area (Å²) in [7, 11) is 1.37. The quantitative estimate of drug-likeness (QED) is 0.138. The number of hydrogen-bond acceptors (Lipinski definition) is 16. The molecule has 0 spiro atoms. The molecule has 16 heteroatoms. The maximum Gasteiger partial charge on any atom is 0.335 e. The molecule has 310 valence electrons. The Bertz CT molecular complexity index is 1580. The minimum atomic E-state index is -1.66. The van der Waals surface area contributed by atoms with E-state index in [0.29, 0.717) is 44.9 Å². The highest BCUT2D eigenvalue weighted by molar-refractivity contribution is 5.66. The Morgan fingerprint density at radius 1 is 0.909 bits per heavy atom. The van der Waals surface area contributed by atoms with Crippen LogP contribution < -0.4 is 5.63 Å². The third kappa shape index (κ3) is 6.52. The van der Waals surface area contributed by atoms with Crippen molar-refractivity contribution in [2.45, 2.75) is 170 Å². The number of aliphatic hydroxyl groups excluding tert-OH is 5. The molecule has 2 aliphatic heterocycles. The molecule has 6 aliphatic rings. The van der Waals surface area contributed by atoms with Gasteiger partial charge in [-0.3, -0.25) is 4.79 Å². The van der Waals surface area contributed by atoms with Crippen LogP contribution in [0.5, 0.6) is 0 Å². The van der Waals surface area contributed by atoms with Gasteiger partial charge in [0.1, 0.15) is 54.4 Å². The molecule has 0 radical (unpaired) electrons. The van der Waals surface area contributed by atoms with Gasteiger partial charge in [-0.25, -0.2) is 4.79 Å². The zero-order valence-electron chi connectivity index (χ0n) is 32.1. The van der Waals surface area contributed by atoms with E-state index in [4.69, 9.17) is 32.8 Å². The van der Waals surface area contributed by atoms with Crippen molar-refractivity contribution in [3.8, 4) is 0 Å². The van der Waals surface area contributed by atoms with Gasteiger partial charge in [-0.1, -0.05) is 13.8 Å². The van der Waals surface area contributed by atoms with E-state index in [1.54, 1.807) is 13.0 Å². The zero-order chi connectivity index (χ0) is 39.8. The number of carbonyl (C=O) groups excluding carboxylic acids is 1. The van der Waals surface area contributed by atoms with Gasteiger partial charge in [-0.2, -0.15) is 0 Å². The van der Waals surface area contributed by atoms with Crippen molar-refractivity contribution in [2.24, 2.45) is 22.7 Å². The molecule has 0 unspecified atom stereocenters. The number of methoxy groups -OCH3 is 1. The molecule has 7 N–H and O–H groups in total. The standard InChI is InChI=1S/C39H58O16/c1-18-32(55-34-30(45)29(44)28(43)25(16-40)54-34)33(49-5)31(46)35(51-18)53-21-8-11-36(3)23(14-21)24(52-19(2)41)15-38(47)26(36)10-12-37(4)22(9-13-39(37,38)48)20-6-7-27(42)50-17-20/h6-7,17-18,21-26,28-35,40,43-48H,8-16H2,1-5H3/t18-,21-,22+,23+,24+,25+,26+,28+,29-,30+,31-,32-,33-,34-,35-,36-,37+,38-,39+/m0/s1. The summed E-state index contributed by atoms with van der Waals surface area (Å²) in [5.74, 6) is -1.23. The van der Waals surface area contributed by atoms with E-state index < -0.39 is 114 Å². The summed E-state index contributed by atoms with van der Waals surface area (Å²) >= 11 is 0. The van der Waals surface area contributed by atoms with Crippen molar-refractivity contribution in [2.75, 3.05) is 13.7 Å². The van der Waals surface area contributed by atoms with Crippen molar-refractivity contribution >= 4 is 5.97 Å². The predicted octanol–water partition coefficient (Wildman–Crippen LogP) is 0.229. The first-order chi connectivity index (χ1) is 25.9. The molecule has 6 fully saturated rings. The second kappa shape index (κ2) is 15.0. The fourth-order valence-electron chi connectivity index (χ4n) is 11.9. The molecule has 0 aromatic carbocycles. The molecule has 55 heavy (non-hydrogen) atoms. The lowest BCUT2D eigenvalue weighted by Crippen LogP contribution is -2.75. The minimum absolute atomic E-state index is 0.0369. The zero-order valence-corrected chi connectivity index (χ0v) is 32.1. The Hall–Kier alpha value is -2.06. The maximum absolute atomic E-state index is 13.0. The van der Waals surface area contributed by atoms with Gasteiger partial charge in [-0.15, -0.1) is 0 Å². The van der Waals surface area contributed by atoms with E-state index in [0.717, 1.165) is 5.56 Å². The molecular weight excluding hydrogens is 724 g/mol. The SMILES string of the molecule is CO[C@H]1[C@H](O)[C@H](O[C@H]2CC[C@@]3(C)[C@H](C2)[C@H](OC(C)=O)C[C@]2(O)[C@@H]3CC[C@]3(C)[C@@H](c4ccc(=O)oc4)CC[C@@]32O)O[C@@H](C)[C@@H]1O[C@@H]1O[C@H](CO)[C@@H](O)[C@H](O)[C@H]1O. The molecule has 1 aromatic heterocycles. The Balaban J connectivity index is 1.08. The van der Waals surface area contributed by atoms with Crippen molar-refractivity contribution in [1.82, 2.24) is 0 Å². The van der Waals surface area contributed by atoms with Gasteiger partial charge in [0.2, 0.25) is 0 Å². The molecule has 16 nitrogen and oxygen atoms in total. The number of fused-ring (bicyclic) bond motifs is 5. The van der Waals surface area contributed by atoms with Crippen LogP contribution in [-0.4, -0.2) is 140 Å². The average molecular weight is 783 g/mol. The Labute approximate surface area is 319 Å². The van der Waals surface area contributed by atoms with Crippen LogP contribution in [0.15, 0.2) is 27.6 Å². The third-order valence-electron chi connectivity index (χ3n) is 14.8. The second-order valence-corrected chi connectivity index (χ2v) is 17.5. The van der Waals surface area contributed by atoms with Crippen molar-refractivity contribution in [1.29, 1.82) is 0 Å². The van der Waals surface area contributed by atoms with Gasteiger partial charge in [0.15, 0.2) is 12.6 Å². The van der Waals surface area contributed by atoms with Crippen LogP contribution in [0.25, 0.3) is 0 Å². The van der Waals surface area contributed by atoms with Gasteiger partial charge in [0, 0.05) is 37.9 Å². The van der Waals surface area contributed by atoms with Gasteiger partial charge in [0.25, 0.3) is 0 Å². The highest BCUT2D eigenvalue weighted by Crippen LogP contribution is 2.72. The third-order valence-corrected chi connectivity index (χ3v) is 14.8. The number of esters is 1. The molecule has 2 saturated heterocycles. The van der Waals surface area contributed by atoms with Gasteiger partial charge < -0.3 is 68.6 Å². The minimum Gasteiger partial charge on any atom is -0.462 e. The first-order valence-electron chi connectivity index (χ1n) is 19.6. The monoisotopic (exact) mass is 782 g/mol. The molecule has 0 amide bonds. The normalized spacial score (nSPS) is 51.1. The molecule has 4 saturated carbocycles. The summed E-state index contributed by atoms with van der Waals surface area (Å²) < 4.78 is 41.0. The van der Waals surface area contributed by atoms with E-state index in [-0.39, 0.29) is 24.2 Å². The summed E-state index contributed by atoms with van der Waals surface area (Å²) in [5, 5.41) is 77.9. The van der Waals surface area contributed by atoms with E-state index >= 15 is 0 Å². The fourth-order valence-corrected chi connectivity index (χ4v) is 11.9. The largest absolute Gasteiger partial charge is 0.462 e. The highest BCUT2D eigenvalue weighted by Gasteiger charge is 2.75. The Morgan fingerprint density at radius 2 is 1.64 bits per heavy atom. The first-order valence-corrected chi connectivity index (χ1v) is 19.6. The molecule has 4 aliphatic carbocycles. The number of hydrogen-bond donors (Lipinski definition) is 7. The Kier molecular flexibility index (Phi) is 11.2. The number of carbonyl (C=O) groups is 1. The van der Waals surface area contributed by atoms with Crippen molar-refractivity contribution in [3.63, 3.8) is 0 Å². The number of rotatable bonds is 8. The topological polar surface area (TPSA) is 244 Å². The highest BCUT2D eigenvalue weighted by atomic mass is 16.7. The van der Waals surface area contributed by atoms with Crippen LogP contribution in [-0.2, 0) is 33.2 Å². The maximum atomic E-state index is 13.0. The molecular formula is C39H58O16. The van der Waals surface area contributed by atoms with Crippen LogP contribution in [0.3, 0.4) is 0 Å². The van der Waals surface area contributed by atoms with E-state index in [2.05, 4.69) is 6.92 Å². The average Bonchev–Trinajstić information content (AvgIpc) is 3.42. The Morgan fingerprint density at radius 3 is 2.29 bits per heavy atom. The first kappa shape index (κ1) is 41.1. The van der Waals surface area contributed by atoms with Crippen molar-refractivity contribution in [3.05, 3.63) is 34.4 Å². The summed E-state index contributed by atoms with van der Waals surface area (Å²) in [6.07, 6.45) is -8.92. The lowest BCUT2D eigenvalue weighted by Gasteiger charge is -2.68. The lowest BCUT2D eigenvalue weighted by molar-refractivity contribution is -0.363. The van der Waals surface area contributed by atoms with Gasteiger partial charge >= 0.3 is 11.6 Å². The van der Waals surface area contributed by atoms with Gasteiger partial charge in [-0.05, 0) is 80.8 Å². The van der Waals surface area contributed by atoms with E-state index in [9.17, 15) is 45.3 Å². The van der Waals surface area contributed by atoms with Crippen molar-refractivity contribution < 1.29 is 73.4 Å². The van der Waals surface area contributed by atoms with Crippen LogP contribution in [0.1, 0.15) is 90.5 Å². The van der Waals surface area contributed by atoms with Crippen LogP contribution in [0.4, 0.5) is 0 Å². The molecule has 1 aromatic rings. The molecule has 19 atom stereocenters. The van der Waals surface area contributed by atoms with E-state index in [1.807, 2.05) is 6.92 Å². The van der Waals surface area contributed by atoms with Crippen LogP contribution in [0, 0.1) is 22.7 Å².